The Bertz CT molecular complexity index is 244. The predicted molar refractivity (Wildman–Crippen MR) is 64.8 cm³/mol. The first kappa shape index (κ1) is 12.5. The van der Waals surface area contributed by atoms with Gasteiger partial charge in [0.2, 0.25) is 0 Å². The highest BCUT2D eigenvalue weighted by molar-refractivity contribution is 5.16. The molecule has 0 spiro atoms. The molecule has 0 aromatic heterocycles. The third-order valence-corrected chi connectivity index (χ3v) is 1.53. The largest absolute Gasteiger partial charge is 0.399 e. The molecule has 0 radical (unpaired) electrons. The second kappa shape index (κ2) is 9.59. The fraction of sp³-hybridized carbons (Fsp3) is 0.231. The first-order chi connectivity index (χ1) is 6.77. The van der Waals surface area contributed by atoms with Crippen molar-refractivity contribution >= 4 is 0 Å². The Hall–Kier alpha value is -1.50. The lowest BCUT2D eigenvalue weighted by molar-refractivity contribution is 1.05. The lowest BCUT2D eigenvalue weighted by atomic mass is 10.2. The molecule has 0 saturated carbocycles. The minimum absolute atomic E-state index is 0.580. The summed E-state index contributed by atoms with van der Waals surface area (Å²) >= 11 is 0. The van der Waals surface area contributed by atoms with Crippen LogP contribution in [-0.4, -0.2) is 0 Å². The van der Waals surface area contributed by atoms with Crippen molar-refractivity contribution in [1.82, 2.24) is 0 Å². The molecule has 0 aromatic carbocycles. The molecule has 1 nitrogen and oxygen atoms in total. The number of allylic oxidation sites excluding steroid dienone is 7. The summed E-state index contributed by atoms with van der Waals surface area (Å²) in [6.07, 6.45) is 17.0. The summed E-state index contributed by atoms with van der Waals surface area (Å²) in [5, 5.41) is 0. The topological polar surface area (TPSA) is 26.0 Å². The van der Waals surface area contributed by atoms with Crippen molar-refractivity contribution < 1.29 is 0 Å². The van der Waals surface area contributed by atoms with Crippen LogP contribution in [0.15, 0.2) is 61.4 Å². The molecule has 2 N–H and O–H groups in total. The number of rotatable bonds is 7. The van der Waals surface area contributed by atoms with Crippen LogP contribution in [0.1, 0.15) is 19.3 Å². The molecule has 0 aliphatic heterocycles. The van der Waals surface area contributed by atoms with Gasteiger partial charge in [0.05, 0.1) is 0 Å². The molecule has 0 saturated heterocycles. The highest BCUT2D eigenvalue weighted by Gasteiger charge is 1.74. The first-order valence-corrected chi connectivity index (χ1v) is 4.81. The molecule has 0 amide bonds. The Morgan fingerprint density at radius 3 is 2.50 bits per heavy atom. The van der Waals surface area contributed by atoms with Gasteiger partial charge in [-0.25, -0.2) is 0 Å². The van der Waals surface area contributed by atoms with Gasteiger partial charge in [-0.3, -0.25) is 0 Å². The van der Waals surface area contributed by atoms with E-state index in [9.17, 15) is 0 Å². The maximum atomic E-state index is 5.35. The second-order valence-electron chi connectivity index (χ2n) is 2.94. The van der Waals surface area contributed by atoms with Gasteiger partial charge in [-0.15, -0.1) is 6.58 Å². The zero-order chi connectivity index (χ0) is 10.6. The van der Waals surface area contributed by atoms with Gasteiger partial charge >= 0.3 is 0 Å². The van der Waals surface area contributed by atoms with Crippen LogP contribution in [0.25, 0.3) is 0 Å². The average molecular weight is 189 g/mol. The SMILES string of the molecule is C=CCC/C=C\C/C=C\C=C/C(=C)N. The Balaban J connectivity index is 3.48. The molecule has 0 fully saturated rings. The van der Waals surface area contributed by atoms with Gasteiger partial charge in [0.15, 0.2) is 0 Å². The van der Waals surface area contributed by atoms with E-state index in [1.54, 1.807) is 6.08 Å². The van der Waals surface area contributed by atoms with Crippen molar-refractivity contribution in [3.63, 3.8) is 0 Å². The van der Waals surface area contributed by atoms with Crippen molar-refractivity contribution in [2.45, 2.75) is 19.3 Å². The van der Waals surface area contributed by atoms with E-state index in [0.717, 1.165) is 19.3 Å². The summed E-state index contributed by atoms with van der Waals surface area (Å²) in [5.41, 5.74) is 5.93. The Kier molecular flexibility index (Phi) is 8.56. The summed E-state index contributed by atoms with van der Waals surface area (Å²) in [6, 6.07) is 0. The number of hydrogen-bond donors (Lipinski definition) is 1. The Labute approximate surface area is 87.0 Å². The standard InChI is InChI=1S/C13H19N/c1-3-4-5-6-7-8-9-10-11-12-13(2)14/h3,6-7,9-12H,1-2,4-5,8,14H2/b7-6-,10-9-,12-11-. The maximum absolute atomic E-state index is 5.35. The quantitative estimate of drug-likeness (QED) is 0.370. The van der Waals surface area contributed by atoms with Gasteiger partial charge in [-0.05, 0) is 25.3 Å². The molecule has 0 aliphatic rings. The van der Waals surface area contributed by atoms with Gasteiger partial charge in [-0.1, -0.05) is 43.0 Å². The van der Waals surface area contributed by atoms with E-state index in [-0.39, 0.29) is 0 Å². The lowest BCUT2D eigenvalue weighted by Crippen LogP contribution is -1.87. The smallest absolute Gasteiger partial charge is 0.0240 e. The van der Waals surface area contributed by atoms with E-state index in [2.05, 4.69) is 31.4 Å². The van der Waals surface area contributed by atoms with Crippen LogP contribution in [0.4, 0.5) is 0 Å². The number of unbranched alkanes of at least 4 members (excludes halogenated alkanes) is 1. The molecule has 14 heavy (non-hydrogen) atoms. The minimum Gasteiger partial charge on any atom is -0.399 e. The molecule has 0 rings (SSSR count). The second-order valence-corrected chi connectivity index (χ2v) is 2.94. The molecule has 1 heteroatoms. The maximum Gasteiger partial charge on any atom is 0.0240 e. The van der Waals surface area contributed by atoms with Gasteiger partial charge in [-0.2, -0.15) is 0 Å². The predicted octanol–water partition coefficient (Wildman–Crippen LogP) is 3.48. The Morgan fingerprint density at radius 1 is 1.07 bits per heavy atom. The fourth-order valence-electron chi connectivity index (χ4n) is 0.843. The van der Waals surface area contributed by atoms with Crippen LogP contribution >= 0.6 is 0 Å². The summed E-state index contributed by atoms with van der Waals surface area (Å²) in [4.78, 5) is 0. The summed E-state index contributed by atoms with van der Waals surface area (Å²) in [5.74, 6) is 0. The summed E-state index contributed by atoms with van der Waals surface area (Å²) < 4.78 is 0. The van der Waals surface area contributed by atoms with Crippen LogP contribution in [0.3, 0.4) is 0 Å². The first-order valence-electron chi connectivity index (χ1n) is 4.81. The van der Waals surface area contributed by atoms with Crippen LogP contribution in [0.5, 0.6) is 0 Å². The van der Waals surface area contributed by atoms with E-state index >= 15 is 0 Å². The normalized spacial score (nSPS) is 11.7. The fourth-order valence-corrected chi connectivity index (χ4v) is 0.843. The van der Waals surface area contributed by atoms with Crippen molar-refractivity contribution in [1.29, 1.82) is 0 Å². The molecule has 0 bridgehead atoms. The van der Waals surface area contributed by atoms with Crippen LogP contribution < -0.4 is 5.73 Å². The average Bonchev–Trinajstić information content (AvgIpc) is 2.15. The third kappa shape index (κ3) is 10.5. The Morgan fingerprint density at radius 2 is 1.86 bits per heavy atom. The monoisotopic (exact) mass is 189 g/mol. The van der Waals surface area contributed by atoms with E-state index in [4.69, 9.17) is 5.73 Å². The molecule has 76 valence electrons. The van der Waals surface area contributed by atoms with Crippen molar-refractivity contribution in [3.8, 4) is 0 Å². The summed E-state index contributed by atoms with van der Waals surface area (Å²) in [7, 11) is 0. The number of nitrogens with two attached hydrogens (primary N) is 1. The van der Waals surface area contributed by atoms with Crippen LogP contribution in [0, 0.1) is 0 Å². The van der Waals surface area contributed by atoms with Crippen molar-refractivity contribution in [2.75, 3.05) is 0 Å². The molecule has 0 aromatic rings. The van der Waals surface area contributed by atoms with Gasteiger partial charge in [0.1, 0.15) is 0 Å². The van der Waals surface area contributed by atoms with E-state index < -0.39 is 0 Å². The van der Waals surface area contributed by atoms with Crippen molar-refractivity contribution in [3.05, 3.63) is 61.4 Å². The molecular formula is C13H19N. The van der Waals surface area contributed by atoms with Crippen LogP contribution in [0.2, 0.25) is 0 Å². The van der Waals surface area contributed by atoms with Gasteiger partial charge in [0.25, 0.3) is 0 Å². The van der Waals surface area contributed by atoms with Crippen LogP contribution in [-0.2, 0) is 0 Å². The molecule has 0 heterocycles. The zero-order valence-electron chi connectivity index (χ0n) is 8.65. The molecule has 0 atom stereocenters. The van der Waals surface area contributed by atoms with Gasteiger partial charge < -0.3 is 5.73 Å². The van der Waals surface area contributed by atoms with E-state index in [0.29, 0.717) is 5.70 Å². The molecule has 0 aliphatic carbocycles. The molecule has 0 unspecified atom stereocenters. The summed E-state index contributed by atoms with van der Waals surface area (Å²) in [6.45, 7) is 7.21. The molecular weight excluding hydrogens is 170 g/mol. The highest BCUT2D eigenvalue weighted by atomic mass is 14.5. The van der Waals surface area contributed by atoms with E-state index in [1.165, 1.54) is 0 Å². The van der Waals surface area contributed by atoms with Crippen molar-refractivity contribution in [2.24, 2.45) is 5.73 Å². The number of hydrogen-bond acceptors (Lipinski definition) is 1. The van der Waals surface area contributed by atoms with Gasteiger partial charge in [0, 0.05) is 5.70 Å². The van der Waals surface area contributed by atoms with E-state index in [1.807, 2.05) is 18.2 Å². The zero-order valence-corrected chi connectivity index (χ0v) is 8.65. The lowest BCUT2D eigenvalue weighted by Gasteiger charge is -1.84. The minimum atomic E-state index is 0.580. The third-order valence-electron chi connectivity index (χ3n) is 1.53. The highest BCUT2D eigenvalue weighted by Crippen LogP contribution is 1.94.